The molecule has 1 aromatic rings. The topological polar surface area (TPSA) is 48.1 Å². The van der Waals surface area contributed by atoms with E-state index < -0.39 is 0 Å². The van der Waals surface area contributed by atoms with Crippen LogP contribution in [-0.4, -0.2) is 18.1 Å². The molecule has 0 aliphatic carbocycles. The molecule has 0 aliphatic heterocycles. The Hall–Kier alpha value is -0.450. The van der Waals surface area contributed by atoms with Gasteiger partial charge < -0.3 is 10.5 Å². The van der Waals surface area contributed by atoms with Gasteiger partial charge in [-0.2, -0.15) is 0 Å². The predicted octanol–water partition coefficient (Wildman–Crippen LogP) is 3.04. The zero-order valence-corrected chi connectivity index (χ0v) is 12.4. The number of ether oxygens (including phenoxy) is 1. The second-order valence-electron chi connectivity index (χ2n) is 5.10. The molecule has 0 bridgehead atoms. The normalized spacial score (nSPS) is 15.9. The van der Waals surface area contributed by atoms with Crippen molar-refractivity contribution in [3.05, 3.63) is 16.1 Å². The molecular weight excluding hydrogens is 232 g/mol. The Balaban J connectivity index is 2.99. The molecular formula is C13H24N2OS. The Morgan fingerprint density at radius 3 is 2.47 bits per heavy atom. The van der Waals surface area contributed by atoms with Crippen molar-refractivity contribution < 1.29 is 4.74 Å². The van der Waals surface area contributed by atoms with Crippen molar-refractivity contribution in [1.29, 1.82) is 0 Å². The van der Waals surface area contributed by atoms with Crippen molar-refractivity contribution in [3.63, 3.8) is 0 Å². The molecule has 98 valence electrons. The summed E-state index contributed by atoms with van der Waals surface area (Å²) in [7, 11) is 0. The molecule has 0 saturated carbocycles. The summed E-state index contributed by atoms with van der Waals surface area (Å²) in [6, 6.07) is 0. The number of rotatable bonds is 6. The Morgan fingerprint density at radius 1 is 1.35 bits per heavy atom. The molecule has 4 heteroatoms. The average molecular weight is 256 g/mol. The lowest BCUT2D eigenvalue weighted by atomic mass is 9.85. The van der Waals surface area contributed by atoms with E-state index in [4.69, 9.17) is 15.5 Å². The first-order valence-corrected chi connectivity index (χ1v) is 7.08. The summed E-state index contributed by atoms with van der Waals surface area (Å²) in [5.74, 6) is 0. The van der Waals surface area contributed by atoms with Crippen molar-refractivity contribution in [3.8, 4) is 0 Å². The summed E-state index contributed by atoms with van der Waals surface area (Å²) < 4.78 is 5.73. The van der Waals surface area contributed by atoms with Crippen LogP contribution in [0.2, 0.25) is 0 Å². The lowest BCUT2D eigenvalue weighted by molar-refractivity contribution is -0.0143. The maximum Gasteiger partial charge on any atom is 0.124 e. The molecule has 17 heavy (non-hydrogen) atoms. The van der Waals surface area contributed by atoms with E-state index in [-0.39, 0.29) is 11.0 Å². The van der Waals surface area contributed by atoms with Gasteiger partial charge in [-0.05, 0) is 27.2 Å². The van der Waals surface area contributed by atoms with Gasteiger partial charge in [0.25, 0.3) is 0 Å². The van der Waals surface area contributed by atoms with Crippen LogP contribution in [0.1, 0.15) is 51.7 Å². The third kappa shape index (κ3) is 3.06. The van der Waals surface area contributed by atoms with Crippen molar-refractivity contribution in [1.82, 2.24) is 4.98 Å². The molecule has 1 rings (SSSR count). The highest BCUT2D eigenvalue weighted by molar-refractivity contribution is 7.09. The van der Waals surface area contributed by atoms with E-state index in [2.05, 4.69) is 33.1 Å². The second kappa shape index (κ2) is 5.46. The van der Waals surface area contributed by atoms with E-state index >= 15 is 0 Å². The number of hydrogen-bond acceptors (Lipinski definition) is 4. The zero-order valence-electron chi connectivity index (χ0n) is 11.5. The standard InChI is InChI=1S/C13H24N2OS/c1-6-13(5,9-14)10-8-17-11(15-10)12(3,4)16-7-2/h8H,6-7,9,14H2,1-5H3. The summed E-state index contributed by atoms with van der Waals surface area (Å²) in [5, 5.41) is 3.15. The van der Waals surface area contributed by atoms with Crippen LogP contribution in [-0.2, 0) is 15.8 Å². The van der Waals surface area contributed by atoms with Crippen molar-refractivity contribution >= 4 is 11.3 Å². The molecule has 0 radical (unpaired) electrons. The van der Waals surface area contributed by atoms with Gasteiger partial charge in [-0.3, -0.25) is 0 Å². The van der Waals surface area contributed by atoms with E-state index in [1.165, 1.54) is 0 Å². The fraction of sp³-hybridized carbons (Fsp3) is 0.769. The Bertz CT molecular complexity index is 356. The van der Waals surface area contributed by atoms with Gasteiger partial charge in [0.1, 0.15) is 10.6 Å². The van der Waals surface area contributed by atoms with Crippen LogP contribution < -0.4 is 5.73 Å². The van der Waals surface area contributed by atoms with Gasteiger partial charge in [-0.1, -0.05) is 13.8 Å². The molecule has 0 saturated heterocycles. The van der Waals surface area contributed by atoms with Gasteiger partial charge in [0, 0.05) is 23.9 Å². The Kier molecular flexibility index (Phi) is 4.69. The minimum Gasteiger partial charge on any atom is -0.369 e. The van der Waals surface area contributed by atoms with Gasteiger partial charge in [0.05, 0.1) is 5.69 Å². The van der Waals surface area contributed by atoms with E-state index in [0.29, 0.717) is 13.2 Å². The smallest absolute Gasteiger partial charge is 0.124 e. The van der Waals surface area contributed by atoms with Crippen LogP contribution in [0.4, 0.5) is 0 Å². The van der Waals surface area contributed by atoms with Crippen LogP contribution in [0, 0.1) is 0 Å². The Labute approximate surface area is 108 Å². The quantitative estimate of drug-likeness (QED) is 0.851. The molecule has 0 fully saturated rings. The molecule has 2 N–H and O–H groups in total. The SMILES string of the molecule is CCOC(C)(C)c1nc(C(C)(CC)CN)cs1. The predicted molar refractivity (Wildman–Crippen MR) is 73.5 cm³/mol. The summed E-state index contributed by atoms with van der Waals surface area (Å²) in [6.07, 6.45) is 1.00. The highest BCUT2D eigenvalue weighted by Crippen LogP contribution is 2.33. The first-order chi connectivity index (χ1) is 7.89. The van der Waals surface area contributed by atoms with E-state index in [1.54, 1.807) is 11.3 Å². The number of thiazole rings is 1. The summed E-state index contributed by atoms with van der Waals surface area (Å²) in [5.41, 5.74) is 6.63. The minimum atomic E-state index is -0.305. The van der Waals surface area contributed by atoms with Crippen molar-refractivity contribution in [2.24, 2.45) is 5.73 Å². The molecule has 0 aliphatic rings. The summed E-state index contributed by atoms with van der Waals surface area (Å²) in [6.45, 7) is 11.8. The van der Waals surface area contributed by atoms with Crippen molar-refractivity contribution in [2.45, 2.75) is 52.1 Å². The lowest BCUT2D eigenvalue weighted by Gasteiger charge is -2.25. The van der Waals surface area contributed by atoms with Gasteiger partial charge in [0.2, 0.25) is 0 Å². The fourth-order valence-corrected chi connectivity index (χ4v) is 2.73. The first kappa shape index (κ1) is 14.6. The average Bonchev–Trinajstić information content (AvgIpc) is 2.78. The number of aromatic nitrogens is 1. The molecule has 1 atom stereocenters. The fourth-order valence-electron chi connectivity index (χ4n) is 1.68. The van der Waals surface area contributed by atoms with E-state index in [0.717, 1.165) is 17.1 Å². The molecule has 0 aromatic carbocycles. The number of nitrogens with two attached hydrogens (primary N) is 1. The highest BCUT2D eigenvalue weighted by atomic mass is 32.1. The Morgan fingerprint density at radius 2 is 2.00 bits per heavy atom. The maximum atomic E-state index is 5.86. The third-order valence-corrected chi connectivity index (χ3v) is 4.52. The molecule has 1 unspecified atom stereocenters. The van der Waals surface area contributed by atoms with Crippen LogP contribution in [0.15, 0.2) is 5.38 Å². The third-order valence-electron chi connectivity index (χ3n) is 3.37. The molecule has 0 spiro atoms. The number of hydrogen-bond donors (Lipinski definition) is 1. The highest BCUT2D eigenvalue weighted by Gasteiger charge is 2.30. The minimum absolute atomic E-state index is 0.0168. The first-order valence-electron chi connectivity index (χ1n) is 6.20. The zero-order chi connectivity index (χ0) is 13.1. The van der Waals surface area contributed by atoms with Crippen LogP contribution >= 0.6 is 11.3 Å². The van der Waals surface area contributed by atoms with Crippen LogP contribution in [0.3, 0.4) is 0 Å². The molecule has 1 heterocycles. The largest absolute Gasteiger partial charge is 0.369 e. The van der Waals surface area contributed by atoms with Crippen LogP contribution in [0.25, 0.3) is 0 Å². The van der Waals surface area contributed by atoms with Gasteiger partial charge in [-0.25, -0.2) is 4.98 Å². The van der Waals surface area contributed by atoms with Gasteiger partial charge in [-0.15, -0.1) is 11.3 Å². The lowest BCUT2D eigenvalue weighted by Crippen LogP contribution is -2.32. The van der Waals surface area contributed by atoms with Gasteiger partial charge >= 0.3 is 0 Å². The second-order valence-corrected chi connectivity index (χ2v) is 5.96. The number of nitrogens with zero attached hydrogens (tertiary/aromatic N) is 1. The van der Waals surface area contributed by atoms with Crippen LogP contribution in [0.5, 0.6) is 0 Å². The van der Waals surface area contributed by atoms with Crippen molar-refractivity contribution in [2.75, 3.05) is 13.2 Å². The van der Waals surface area contributed by atoms with E-state index in [9.17, 15) is 0 Å². The summed E-state index contributed by atoms with van der Waals surface area (Å²) >= 11 is 1.66. The van der Waals surface area contributed by atoms with Gasteiger partial charge in [0.15, 0.2) is 0 Å². The molecule has 3 nitrogen and oxygen atoms in total. The maximum absolute atomic E-state index is 5.86. The van der Waals surface area contributed by atoms with E-state index in [1.807, 2.05) is 6.92 Å². The monoisotopic (exact) mass is 256 g/mol. The molecule has 0 amide bonds. The molecule has 1 aromatic heterocycles. The summed E-state index contributed by atoms with van der Waals surface area (Å²) in [4.78, 5) is 4.73.